The van der Waals surface area contributed by atoms with Crippen LogP contribution in [0.2, 0.25) is 0 Å². The van der Waals surface area contributed by atoms with E-state index in [2.05, 4.69) is 45.3 Å². The Morgan fingerprint density at radius 2 is 2.16 bits per heavy atom. The second-order valence-electron chi connectivity index (χ2n) is 5.25. The van der Waals surface area contributed by atoms with Gasteiger partial charge in [0.15, 0.2) is 0 Å². The molecule has 0 amide bonds. The van der Waals surface area contributed by atoms with Gasteiger partial charge in [-0.25, -0.2) is 4.98 Å². The predicted octanol–water partition coefficient (Wildman–Crippen LogP) is 3.08. The van der Waals surface area contributed by atoms with E-state index in [-0.39, 0.29) is 0 Å². The van der Waals surface area contributed by atoms with Gasteiger partial charge in [0.25, 0.3) is 0 Å². The summed E-state index contributed by atoms with van der Waals surface area (Å²) in [6.07, 6.45) is 9.15. The molecule has 1 aromatic carbocycles. The lowest BCUT2D eigenvalue weighted by atomic mass is 10.1. The topological polar surface area (TPSA) is 29.9 Å². The van der Waals surface area contributed by atoms with Crippen molar-refractivity contribution in [3.8, 4) is 11.4 Å². The third-order valence-corrected chi connectivity index (χ3v) is 3.86. The van der Waals surface area contributed by atoms with E-state index >= 15 is 0 Å². The van der Waals surface area contributed by atoms with E-state index in [0.717, 1.165) is 18.4 Å². The van der Waals surface area contributed by atoms with Crippen LogP contribution in [0.1, 0.15) is 25.7 Å². The molecule has 1 unspecified atom stereocenters. The average molecular weight is 255 g/mol. The quantitative estimate of drug-likeness (QED) is 0.889. The molecule has 2 aromatic rings. The average Bonchev–Trinajstić information content (AvgIpc) is 3.11. The number of nitrogens with one attached hydrogen (secondary N) is 1. The number of hydrogen-bond donors (Lipinski definition) is 1. The summed E-state index contributed by atoms with van der Waals surface area (Å²) in [5, 5.41) is 3.56. The second kappa shape index (κ2) is 6.02. The SMILES string of the molecule is c1ccc(-c2nccn2CCCC2CCCN2)cc1. The zero-order chi connectivity index (χ0) is 12.9. The molecular weight excluding hydrogens is 234 g/mol. The highest BCUT2D eigenvalue weighted by Crippen LogP contribution is 2.18. The van der Waals surface area contributed by atoms with Crippen molar-refractivity contribution in [2.75, 3.05) is 6.54 Å². The van der Waals surface area contributed by atoms with Crippen LogP contribution in [0.5, 0.6) is 0 Å². The molecule has 3 rings (SSSR count). The summed E-state index contributed by atoms with van der Waals surface area (Å²) in [7, 11) is 0. The molecular formula is C16H21N3. The minimum absolute atomic E-state index is 0.740. The minimum Gasteiger partial charge on any atom is -0.331 e. The molecule has 3 nitrogen and oxygen atoms in total. The van der Waals surface area contributed by atoms with Crippen molar-refractivity contribution < 1.29 is 0 Å². The first-order chi connectivity index (χ1) is 9.43. The number of nitrogens with zero attached hydrogens (tertiary/aromatic N) is 2. The third-order valence-electron chi connectivity index (χ3n) is 3.86. The number of aryl methyl sites for hydroxylation is 1. The van der Waals surface area contributed by atoms with Gasteiger partial charge in [-0.2, -0.15) is 0 Å². The van der Waals surface area contributed by atoms with Crippen molar-refractivity contribution >= 4 is 0 Å². The fraction of sp³-hybridized carbons (Fsp3) is 0.438. The maximum Gasteiger partial charge on any atom is 0.139 e. The molecule has 3 heteroatoms. The maximum absolute atomic E-state index is 4.48. The Morgan fingerprint density at radius 3 is 2.95 bits per heavy atom. The van der Waals surface area contributed by atoms with Gasteiger partial charge in [-0.3, -0.25) is 0 Å². The van der Waals surface area contributed by atoms with Gasteiger partial charge in [0.1, 0.15) is 5.82 Å². The molecule has 100 valence electrons. The van der Waals surface area contributed by atoms with Crippen LogP contribution in [-0.2, 0) is 6.54 Å². The number of benzene rings is 1. The summed E-state index contributed by atoms with van der Waals surface area (Å²) < 4.78 is 2.27. The van der Waals surface area contributed by atoms with Gasteiger partial charge in [-0.15, -0.1) is 0 Å². The standard InChI is InChI=1S/C16H21N3/c1-2-6-14(7-3-1)16-18-11-13-19(16)12-5-9-15-8-4-10-17-15/h1-3,6-7,11,13,15,17H,4-5,8-10,12H2. The van der Waals surface area contributed by atoms with Crippen LogP contribution in [0.25, 0.3) is 11.4 Å². The smallest absolute Gasteiger partial charge is 0.139 e. The highest BCUT2D eigenvalue weighted by molar-refractivity contribution is 5.54. The zero-order valence-corrected chi connectivity index (χ0v) is 11.3. The van der Waals surface area contributed by atoms with E-state index in [9.17, 15) is 0 Å². The molecule has 1 fully saturated rings. The lowest BCUT2D eigenvalue weighted by molar-refractivity contribution is 0.504. The van der Waals surface area contributed by atoms with Crippen LogP contribution >= 0.6 is 0 Å². The molecule has 0 spiro atoms. The van der Waals surface area contributed by atoms with Gasteiger partial charge in [-0.05, 0) is 32.2 Å². The van der Waals surface area contributed by atoms with Crippen LogP contribution in [0.15, 0.2) is 42.7 Å². The Bertz CT molecular complexity index is 498. The highest BCUT2D eigenvalue weighted by atomic mass is 15.1. The summed E-state index contributed by atoms with van der Waals surface area (Å²) in [4.78, 5) is 4.48. The molecule has 2 heterocycles. The summed E-state index contributed by atoms with van der Waals surface area (Å²) in [6.45, 7) is 2.26. The zero-order valence-electron chi connectivity index (χ0n) is 11.3. The predicted molar refractivity (Wildman–Crippen MR) is 77.9 cm³/mol. The first-order valence-corrected chi connectivity index (χ1v) is 7.23. The van der Waals surface area contributed by atoms with E-state index in [1.54, 1.807) is 0 Å². The van der Waals surface area contributed by atoms with Crippen LogP contribution in [0.3, 0.4) is 0 Å². The van der Waals surface area contributed by atoms with Crippen LogP contribution in [0.4, 0.5) is 0 Å². The lowest BCUT2D eigenvalue weighted by Crippen LogP contribution is -2.21. The van der Waals surface area contributed by atoms with Crippen LogP contribution in [0, 0.1) is 0 Å². The first-order valence-electron chi connectivity index (χ1n) is 7.23. The molecule has 0 saturated carbocycles. The van der Waals surface area contributed by atoms with Gasteiger partial charge >= 0.3 is 0 Å². The number of aromatic nitrogens is 2. The summed E-state index contributed by atoms with van der Waals surface area (Å²) in [6, 6.07) is 11.2. The van der Waals surface area contributed by atoms with Crippen molar-refractivity contribution in [1.29, 1.82) is 0 Å². The molecule has 1 atom stereocenters. The Balaban J connectivity index is 1.61. The molecule has 0 aliphatic carbocycles. The molecule has 0 bridgehead atoms. The summed E-state index contributed by atoms with van der Waals surface area (Å²) >= 11 is 0. The Labute approximate surface area is 114 Å². The van der Waals surface area contributed by atoms with Crippen molar-refractivity contribution in [2.24, 2.45) is 0 Å². The van der Waals surface area contributed by atoms with Crippen molar-refractivity contribution in [2.45, 2.75) is 38.3 Å². The third kappa shape index (κ3) is 3.04. The van der Waals surface area contributed by atoms with Gasteiger partial charge in [0, 0.05) is 30.5 Å². The van der Waals surface area contributed by atoms with E-state index in [0.29, 0.717) is 0 Å². The van der Waals surface area contributed by atoms with Crippen molar-refractivity contribution in [1.82, 2.24) is 14.9 Å². The minimum atomic E-state index is 0.740. The Morgan fingerprint density at radius 1 is 1.26 bits per heavy atom. The van der Waals surface area contributed by atoms with Crippen molar-refractivity contribution in [3.63, 3.8) is 0 Å². The van der Waals surface area contributed by atoms with Crippen molar-refractivity contribution in [3.05, 3.63) is 42.7 Å². The molecule has 1 N–H and O–H groups in total. The summed E-state index contributed by atoms with van der Waals surface area (Å²) in [5.74, 6) is 1.08. The monoisotopic (exact) mass is 255 g/mol. The molecule has 1 aliphatic rings. The highest BCUT2D eigenvalue weighted by Gasteiger charge is 2.13. The van der Waals surface area contributed by atoms with E-state index in [1.165, 1.54) is 37.8 Å². The second-order valence-corrected chi connectivity index (χ2v) is 5.25. The molecule has 1 aliphatic heterocycles. The molecule has 0 radical (unpaired) electrons. The van der Waals surface area contributed by atoms with E-state index in [1.807, 2.05) is 12.3 Å². The first kappa shape index (κ1) is 12.4. The largest absolute Gasteiger partial charge is 0.331 e. The van der Waals surface area contributed by atoms with E-state index in [4.69, 9.17) is 0 Å². The van der Waals surface area contributed by atoms with Gasteiger partial charge in [-0.1, -0.05) is 30.3 Å². The van der Waals surface area contributed by atoms with Gasteiger partial charge < -0.3 is 9.88 Å². The Kier molecular flexibility index (Phi) is 3.94. The summed E-state index contributed by atoms with van der Waals surface area (Å²) in [5.41, 5.74) is 1.20. The molecule has 19 heavy (non-hydrogen) atoms. The molecule has 1 saturated heterocycles. The fourth-order valence-electron chi connectivity index (χ4n) is 2.85. The van der Waals surface area contributed by atoms with E-state index < -0.39 is 0 Å². The lowest BCUT2D eigenvalue weighted by Gasteiger charge is -2.11. The van der Waals surface area contributed by atoms with Gasteiger partial charge in [0.2, 0.25) is 0 Å². The van der Waals surface area contributed by atoms with Gasteiger partial charge in [0.05, 0.1) is 0 Å². The normalized spacial score (nSPS) is 18.8. The number of hydrogen-bond acceptors (Lipinski definition) is 2. The fourth-order valence-corrected chi connectivity index (χ4v) is 2.85. The molecule has 1 aromatic heterocycles. The number of rotatable bonds is 5. The van der Waals surface area contributed by atoms with Crippen LogP contribution in [-0.4, -0.2) is 22.1 Å². The Hall–Kier alpha value is -1.61. The van der Waals surface area contributed by atoms with Crippen LogP contribution < -0.4 is 5.32 Å². The number of imidazole rings is 1. The maximum atomic E-state index is 4.48.